The zero-order valence-electron chi connectivity index (χ0n) is 8.27. The Morgan fingerprint density at radius 2 is 1.60 bits per heavy atom. The summed E-state index contributed by atoms with van der Waals surface area (Å²) in [5, 5.41) is 1.28. The molecule has 0 radical (unpaired) electrons. The third-order valence-electron chi connectivity index (χ3n) is 2.64. The van der Waals surface area contributed by atoms with Gasteiger partial charge in [-0.25, -0.2) is 0 Å². The van der Waals surface area contributed by atoms with E-state index in [-0.39, 0.29) is 0 Å². The van der Waals surface area contributed by atoms with Crippen molar-refractivity contribution >= 4 is 23.1 Å². The second kappa shape index (κ2) is 3.28. The first-order chi connectivity index (χ1) is 7.45. The van der Waals surface area contributed by atoms with E-state index in [0.717, 1.165) is 0 Å². The average Bonchev–Trinajstić information content (AvgIpc) is 2.55. The summed E-state index contributed by atoms with van der Waals surface area (Å²) in [6, 6.07) is 8.38. The third kappa shape index (κ3) is 1.33. The number of aromatic amines is 1. The highest BCUT2D eigenvalue weighted by atomic mass is 14.7. The summed E-state index contributed by atoms with van der Waals surface area (Å²) in [5.41, 5.74) is 3.64. The second-order valence-corrected chi connectivity index (χ2v) is 3.60. The maximum absolute atomic E-state index is 3.41. The Morgan fingerprint density at radius 1 is 0.800 bits per heavy atom. The van der Waals surface area contributed by atoms with Crippen LogP contribution in [0.5, 0.6) is 0 Å². The topological polar surface area (TPSA) is 15.8 Å². The van der Waals surface area contributed by atoms with Crippen molar-refractivity contribution in [3.05, 3.63) is 59.8 Å². The second-order valence-electron chi connectivity index (χ2n) is 3.60. The first-order valence-electron chi connectivity index (χ1n) is 5.07. The van der Waals surface area contributed by atoms with Gasteiger partial charge in [-0.1, -0.05) is 48.6 Å². The van der Waals surface area contributed by atoms with E-state index in [1.807, 2.05) is 12.2 Å². The van der Waals surface area contributed by atoms with Crippen LogP contribution in [0.1, 0.15) is 11.3 Å². The van der Waals surface area contributed by atoms with E-state index in [1.165, 1.54) is 22.2 Å². The molecule has 0 unspecified atom stereocenters. The number of benzene rings is 1. The van der Waals surface area contributed by atoms with Gasteiger partial charge < -0.3 is 4.98 Å². The molecule has 0 atom stereocenters. The highest BCUT2D eigenvalue weighted by Gasteiger charge is 2.05. The van der Waals surface area contributed by atoms with Gasteiger partial charge in [-0.05, 0) is 12.1 Å². The molecule has 1 nitrogen and oxygen atoms in total. The monoisotopic (exact) mass is 193 g/mol. The molecule has 1 heteroatoms. The van der Waals surface area contributed by atoms with Crippen LogP contribution < -0.4 is 0 Å². The van der Waals surface area contributed by atoms with Crippen LogP contribution in [0, 0.1) is 0 Å². The van der Waals surface area contributed by atoms with E-state index < -0.39 is 0 Å². The lowest BCUT2D eigenvalue weighted by Gasteiger charge is -1.94. The minimum absolute atomic E-state index is 1.18. The molecule has 0 saturated heterocycles. The standard InChI is InChI=1S/C14H11N/c1-2-4-9-13-11(7-3-1)12-8-5-6-10-14(12)15-13/h1-10,15H/b2-1-,3-1?,4-2?,7-3-,9-4-,11-7?,13-9?. The number of H-pyrrole nitrogens is 1. The maximum Gasteiger partial charge on any atom is 0.0464 e. The third-order valence-corrected chi connectivity index (χ3v) is 2.64. The van der Waals surface area contributed by atoms with E-state index in [0.29, 0.717) is 0 Å². The number of para-hydroxylation sites is 1. The summed E-state index contributed by atoms with van der Waals surface area (Å²) in [6.45, 7) is 0. The van der Waals surface area contributed by atoms with E-state index >= 15 is 0 Å². The molecule has 72 valence electrons. The first-order valence-corrected chi connectivity index (χ1v) is 5.07. The van der Waals surface area contributed by atoms with Gasteiger partial charge in [-0.15, -0.1) is 0 Å². The number of allylic oxidation sites excluding steroid dienone is 4. The number of hydrogen-bond acceptors (Lipinski definition) is 0. The molecule has 0 saturated carbocycles. The Hall–Kier alpha value is -2.02. The van der Waals surface area contributed by atoms with Gasteiger partial charge in [0.25, 0.3) is 0 Å². The van der Waals surface area contributed by atoms with Gasteiger partial charge in [0.1, 0.15) is 0 Å². The highest BCUT2D eigenvalue weighted by molar-refractivity contribution is 5.93. The van der Waals surface area contributed by atoms with Crippen molar-refractivity contribution in [3.63, 3.8) is 0 Å². The molecule has 0 fully saturated rings. The van der Waals surface area contributed by atoms with Crippen LogP contribution >= 0.6 is 0 Å². The van der Waals surface area contributed by atoms with E-state index in [4.69, 9.17) is 0 Å². The summed E-state index contributed by atoms with van der Waals surface area (Å²) in [7, 11) is 0. The van der Waals surface area contributed by atoms with Crippen molar-refractivity contribution in [2.24, 2.45) is 0 Å². The molecule has 1 heterocycles. The lowest BCUT2D eigenvalue weighted by atomic mass is 10.1. The maximum atomic E-state index is 3.41. The minimum atomic E-state index is 1.18. The van der Waals surface area contributed by atoms with Crippen molar-refractivity contribution in [2.75, 3.05) is 0 Å². The Bertz CT molecular complexity index is 582. The predicted octanol–water partition coefficient (Wildman–Crippen LogP) is 3.76. The predicted molar refractivity (Wildman–Crippen MR) is 65.5 cm³/mol. The Labute approximate surface area is 88.4 Å². The summed E-state index contributed by atoms with van der Waals surface area (Å²) >= 11 is 0. The van der Waals surface area contributed by atoms with Crippen LogP contribution in [0.15, 0.2) is 48.6 Å². The van der Waals surface area contributed by atoms with Gasteiger partial charge in [0.15, 0.2) is 0 Å². The fraction of sp³-hybridized carbons (Fsp3) is 0. The van der Waals surface area contributed by atoms with Crippen LogP contribution in [0.2, 0.25) is 0 Å². The molecule has 1 aromatic heterocycles. The zero-order chi connectivity index (χ0) is 10.1. The van der Waals surface area contributed by atoms with Crippen LogP contribution in [-0.4, -0.2) is 4.98 Å². The summed E-state index contributed by atoms with van der Waals surface area (Å²) in [5.74, 6) is 0. The summed E-state index contributed by atoms with van der Waals surface area (Å²) < 4.78 is 0. The molecular weight excluding hydrogens is 182 g/mol. The van der Waals surface area contributed by atoms with Crippen molar-refractivity contribution in [2.45, 2.75) is 0 Å². The number of hydrogen-bond donors (Lipinski definition) is 1. The van der Waals surface area contributed by atoms with E-state index in [9.17, 15) is 0 Å². The molecular formula is C14H11N. The molecule has 0 aliphatic heterocycles. The van der Waals surface area contributed by atoms with Gasteiger partial charge in [-0.3, -0.25) is 0 Å². The smallest absolute Gasteiger partial charge is 0.0464 e. The van der Waals surface area contributed by atoms with Gasteiger partial charge in [0, 0.05) is 22.2 Å². The molecule has 0 amide bonds. The molecule has 0 bridgehead atoms. The average molecular weight is 193 g/mol. The summed E-state index contributed by atoms with van der Waals surface area (Å²) in [4.78, 5) is 3.41. The van der Waals surface area contributed by atoms with Crippen LogP contribution in [-0.2, 0) is 0 Å². The molecule has 0 spiro atoms. The number of rotatable bonds is 0. The SMILES string of the molecule is C1=C\C=C/c2c([nH]c3ccccc23)\C=C/1. The molecule has 1 aliphatic carbocycles. The van der Waals surface area contributed by atoms with E-state index in [1.54, 1.807) is 0 Å². The molecule has 1 N–H and O–H groups in total. The van der Waals surface area contributed by atoms with Crippen molar-refractivity contribution in [3.8, 4) is 0 Å². The first kappa shape index (κ1) is 8.30. The quantitative estimate of drug-likeness (QED) is 0.655. The number of fused-ring (bicyclic) bond motifs is 3. The van der Waals surface area contributed by atoms with Crippen molar-refractivity contribution in [1.82, 2.24) is 4.98 Å². The van der Waals surface area contributed by atoms with Gasteiger partial charge in [0.2, 0.25) is 0 Å². The van der Waals surface area contributed by atoms with Crippen molar-refractivity contribution in [1.29, 1.82) is 0 Å². The lowest BCUT2D eigenvalue weighted by molar-refractivity contribution is 1.42. The largest absolute Gasteiger partial charge is 0.355 e. The normalized spacial score (nSPS) is 20.3. The van der Waals surface area contributed by atoms with Crippen LogP contribution in [0.25, 0.3) is 23.1 Å². The number of nitrogens with one attached hydrogen (secondary N) is 1. The molecule has 2 aromatic rings. The molecule has 1 aliphatic rings. The van der Waals surface area contributed by atoms with Crippen LogP contribution in [0.3, 0.4) is 0 Å². The van der Waals surface area contributed by atoms with Gasteiger partial charge in [-0.2, -0.15) is 0 Å². The Morgan fingerprint density at radius 3 is 2.53 bits per heavy atom. The van der Waals surface area contributed by atoms with Crippen LogP contribution in [0.4, 0.5) is 0 Å². The Kier molecular flexibility index (Phi) is 1.82. The minimum Gasteiger partial charge on any atom is -0.355 e. The lowest BCUT2D eigenvalue weighted by Crippen LogP contribution is -1.76. The van der Waals surface area contributed by atoms with Crippen molar-refractivity contribution < 1.29 is 0 Å². The fourth-order valence-electron chi connectivity index (χ4n) is 1.93. The molecule has 3 rings (SSSR count). The fourth-order valence-corrected chi connectivity index (χ4v) is 1.93. The highest BCUT2D eigenvalue weighted by Crippen LogP contribution is 2.25. The van der Waals surface area contributed by atoms with Gasteiger partial charge >= 0.3 is 0 Å². The molecule has 15 heavy (non-hydrogen) atoms. The van der Waals surface area contributed by atoms with Gasteiger partial charge in [0.05, 0.1) is 0 Å². The zero-order valence-corrected chi connectivity index (χ0v) is 8.27. The summed E-state index contributed by atoms with van der Waals surface area (Å²) in [6.07, 6.45) is 12.5. The molecule has 1 aromatic carbocycles. The van der Waals surface area contributed by atoms with E-state index in [2.05, 4.69) is 53.6 Å². The Balaban J connectivity index is 2.36. The number of aromatic nitrogens is 1.